The number of nitrogens with zero attached hydrogens (tertiary/aromatic N) is 1. The van der Waals surface area contributed by atoms with Gasteiger partial charge in [-0.25, -0.2) is 4.79 Å². The Kier molecular flexibility index (Phi) is 4.92. The average molecular weight is 332 g/mol. The lowest BCUT2D eigenvalue weighted by Crippen LogP contribution is -2.34. The van der Waals surface area contributed by atoms with Crippen LogP contribution in [0.25, 0.3) is 0 Å². The van der Waals surface area contributed by atoms with Gasteiger partial charge < -0.3 is 19.7 Å². The summed E-state index contributed by atoms with van der Waals surface area (Å²) in [5.41, 5.74) is 0.133. The third-order valence-electron chi connectivity index (χ3n) is 3.43. The quantitative estimate of drug-likeness (QED) is 0.872. The van der Waals surface area contributed by atoms with Gasteiger partial charge >= 0.3 is 5.97 Å². The van der Waals surface area contributed by atoms with Gasteiger partial charge in [0.15, 0.2) is 11.7 Å². The Hall–Kier alpha value is -2.83. The molecule has 2 rings (SSSR count). The monoisotopic (exact) mass is 332 g/mol. The lowest BCUT2D eigenvalue weighted by molar-refractivity contribution is -0.139. The Bertz CT molecular complexity index is 745. The minimum atomic E-state index is -1.22. The molecule has 1 aromatic heterocycles. The number of carbonyl (C=O) groups is 2. The van der Waals surface area contributed by atoms with Gasteiger partial charge in [0.1, 0.15) is 11.5 Å². The largest absolute Gasteiger partial charge is 0.497 e. The van der Waals surface area contributed by atoms with E-state index < -0.39 is 17.9 Å². The van der Waals surface area contributed by atoms with Crippen molar-refractivity contribution >= 4 is 11.9 Å². The number of hydrogen-bond donors (Lipinski definition) is 2. The predicted molar refractivity (Wildman–Crippen MR) is 86.0 cm³/mol. The maximum absolute atomic E-state index is 12.3. The van der Waals surface area contributed by atoms with Crippen molar-refractivity contribution in [2.24, 2.45) is 0 Å². The highest BCUT2D eigenvalue weighted by atomic mass is 16.5. The number of benzene rings is 1. The molecule has 7 nitrogen and oxygen atoms in total. The number of hydrogen-bond acceptors (Lipinski definition) is 5. The van der Waals surface area contributed by atoms with Crippen LogP contribution >= 0.6 is 0 Å². The molecule has 0 spiro atoms. The van der Waals surface area contributed by atoms with Crippen molar-refractivity contribution in [2.45, 2.75) is 32.2 Å². The van der Waals surface area contributed by atoms with E-state index in [-0.39, 0.29) is 11.1 Å². The molecule has 0 radical (unpaired) electrons. The van der Waals surface area contributed by atoms with Crippen LogP contribution in [0.4, 0.5) is 0 Å². The van der Waals surface area contributed by atoms with E-state index in [4.69, 9.17) is 9.26 Å². The van der Waals surface area contributed by atoms with Gasteiger partial charge in [0, 0.05) is 11.5 Å². The Morgan fingerprint density at radius 1 is 1.29 bits per heavy atom. The van der Waals surface area contributed by atoms with E-state index in [0.29, 0.717) is 17.1 Å². The van der Waals surface area contributed by atoms with Crippen LogP contribution in [0.15, 0.2) is 34.9 Å². The first-order valence-corrected chi connectivity index (χ1v) is 7.37. The van der Waals surface area contributed by atoms with E-state index in [1.54, 1.807) is 24.3 Å². The fourth-order valence-corrected chi connectivity index (χ4v) is 2.05. The Morgan fingerprint density at radius 3 is 2.54 bits per heavy atom. The Morgan fingerprint density at radius 2 is 2.00 bits per heavy atom. The number of amides is 1. The first kappa shape index (κ1) is 17.5. The summed E-state index contributed by atoms with van der Waals surface area (Å²) in [7, 11) is 1.48. The van der Waals surface area contributed by atoms with Gasteiger partial charge in [0.2, 0.25) is 0 Å². The fraction of sp³-hybridized carbons (Fsp3) is 0.353. The summed E-state index contributed by atoms with van der Waals surface area (Å²) < 4.78 is 10.2. The molecule has 7 heteroatoms. The van der Waals surface area contributed by atoms with Crippen LogP contribution in [0.2, 0.25) is 0 Å². The SMILES string of the molecule is COc1cccc(C(NC(=O)c2cc(C(C)(C)C)on2)C(=O)O)c1. The first-order valence-electron chi connectivity index (χ1n) is 7.37. The zero-order chi connectivity index (χ0) is 17.9. The first-order chi connectivity index (χ1) is 11.2. The normalized spacial score (nSPS) is 12.5. The molecular weight excluding hydrogens is 312 g/mol. The van der Waals surface area contributed by atoms with Crippen LogP contribution in [-0.2, 0) is 10.2 Å². The molecule has 1 heterocycles. The summed E-state index contributed by atoms with van der Waals surface area (Å²) in [6, 6.07) is 6.80. The second-order valence-corrected chi connectivity index (χ2v) is 6.35. The highest BCUT2D eigenvalue weighted by Crippen LogP contribution is 2.23. The summed E-state index contributed by atoms with van der Waals surface area (Å²) in [5.74, 6) is -0.758. The zero-order valence-electron chi connectivity index (χ0n) is 14.0. The van der Waals surface area contributed by atoms with E-state index in [0.717, 1.165) is 0 Å². The molecule has 24 heavy (non-hydrogen) atoms. The number of carboxylic acids is 1. The number of carboxylic acid groups (broad SMARTS) is 1. The van der Waals surface area contributed by atoms with Crippen LogP contribution in [0.1, 0.15) is 48.6 Å². The highest BCUT2D eigenvalue weighted by Gasteiger charge is 2.26. The van der Waals surface area contributed by atoms with Gasteiger partial charge in [0.05, 0.1) is 7.11 Å². The number of nitrogens with one attached hydrogen (secondary N) is 1. The average Bonchev–Trinajstić information content (AvgIpc) is 3.02. The Labute approximate surface area is 139 Å². The number of methoxy groups -OCH3 is 1. The molecular formula is C17H20N2O5. The van der Waals surface area contributed by atoms with Crippen molar-refractivity contribution in [3.05, 3.63) is 47.3 Å². The van der Waals surface area contributed by atoms with Gasteiger partial charge in [-0.05, 0) is 17.7 Å². The van der Waals surface area contributed by atoms with Gasteiger partial charge in [-0.15, -0.1) is 0 Å². The molecule has 0 bridgehead atoms. The maximum Gasteiger partial charge on any atom is 0.330 e. The Balaban J connectivity index is 2.23. The summed E-state index contributed by atoms with van der Waals surface area (Å²) >= 11 is 0. The van der Waals surface area contributed by atoms with Crippen molar-refractivity contribution in [1.29, 1.82) is 0 Å². The highest BCUT2D eigenvalue weighted by molar-refractivity contribution is 5.95. The molecule has 1 atom stereocenters. The third-order valence-corrected chi connectivity index (χ3v) is 3.43. The van der Waals surface area contributed by atoms with Gasteiger partial charge in [0.25, 0.3) is 5.91 Å². The number of carbonyl (C=O) groups excluding carboxylic acids is 1. The van der Waals surface area contributed by atoms with Crippen molar-refractivity contribution in [3.8, 4) is 5.75 Å². The minimum Gasteiger partial charge on any atom is -0.497 e. The molecule has 1 amide bonds. The van der Waals surface area contributed by atoms with E-state index in [1.165, 1.54) is 13.2 Å². The van der Waals surface area contributed by atoms with Gasteiger partial charge in [-0.2, -0.15) is 0 Å². The summed E-state index contributed by atoms with van der Waals surface area (Å²) in [5, 5.41) is 15.6. The van der Waals surface area contributed by atoms with Crippen molar-refractivity contribution in [1.82, 2.24) is 10.5 Å². The molecule has 128 valence electrons. The van der Waals surface area contributed by atoms with Gasteiger partial charge in [-0.1, -0.05) is 38.1 Å². The zero-order valence-corrected chi connectivity index (χ0v) is 14.0. The van der Waals surface area contributed by atoms with Gasteiger partial charge in [-0.3, -0.25) is 4.79 Å². The standard InChI is InChI=1S/C17H20N2O5/c1-17(2,3)13-9-12(19-24-13)15(20)18-14(16(21)22)10-6-5-7-11(8-10)23-4/h5-9,14H,1-4H3,(H,18,20)(H,21,22). The smallest absolute Gasteiger partial charge is 0.330 e. The van der Waals surface area contributed by atoms with E-state index in [9.17, 15) is 14.7 Å². The molecule has 0 aliphatic rings. The second-order valence-electron chi connectivity index (χ2n) is 6.35. The lowest BCUT2D eigenvalue weighted by Gasteiger charge is -2.15. The van der Waals surface area contributed by atoms with E-state index in [1.807, 2.05) is 20.8 Å². The van der Waals surface area contributed by atoms with Crippen LogP contribution in [0.5, 0.6) is 5.75 Å². The molecule has 0 fully saturated rings. The third kappa shape index (κ3) is 3.92. The molecule has 0 saturated carbocycles. The molecule has 0 aliphatic carbocycles. The molecule has 0 saturated heterocycles. The summed E-state index contributed by atoms with van der Waals surface area (Å²) in [6.07, 6.45) is 0. The molecule has 2 N–H and O–H groups in total. The van der Waals surface area contributed by atoms with E-state index >= 15 is 0 Å². The summed E-state index contributed by atoms with van der Waals surface area (Å²) in [6.45, 7) is 5.77. The lowest BCUT2D eigenvalue weighted by atomic mass is 9.93. The topological polar surface area (TPSA) is 102 Å². The summed E-state index contributed by atoms with van der Waals surface area (Å²) in [4.78, 5) is 23.8. The van der Waals surface area contributed by atoms with E-state index in [2.05, 4.69) is 10.5 Å². The van der Waals surface area contributed by atoms with Crippen LogP contribution < -0.4 is 10.1 Å². The number of aromatic nitrogens is 1. The molecule has 2 aromatic rings. The molecule has 0 aliphatic heterocycles. The van der Waals surface area contributed by atoms with Crippen molar-refractivity contribution in [3.63, 3.8) is 0 Å². The maximum atomic E-state index is 12.3. The fourth-order valence-electron chi connectivity index (χ4n) is 2.05. The predicted octanol–water partition coefficient (Wildman–Crippen LogP) is 2.54. The van der Waals surface area contributed by atoms with Crippen molar-refractivity contribution in [2.75, 3.05) is 7.11 Å². The van der Waals surface area contributed by atoms with Crippen LogP contribution in [0, 0.1) is 0 Å². The second kappa shape index (κ2) is 6.74. The van der Waals surface area contributed by atoms with Crippen molar-refractivity contribution < 1.29 is 24.0 Å². The number of aliphatic carboxylic acids is 1. The molecule has 1 unspecified atom stereocenters. The number of rotatable bonds is 5. The molecule has 1 aromatic carbocycles. The van der Waals surface area contributed by atoms with Crippen LogP contribution in [-0.4, -0.2) is 29.2 Å². The van der Waals surface area contributed by atoms with Crippen LogP contribution in [0.3, 0.4) is 0 Å². The number of ether oxygens (including phenoxy) is 1. The minimum absolute atomic E-state index is 0.0362.